The van der Waals surface area contributed by atoms with Crippen molar-refractivity contribution >= 4 is 57.5 Å². The van der Waals surface area contributed by atoms with Crippen LogP contribution in [0.1, 0.15) is 0 Å². The van der Waals surface area contributed by atoms with Crippen molar-refractivity contribution < 1.29 is 20.1 Å². The smallest absolute Gasteiger partial charge is 0.423 e. The quantitative estimate of drug-likeness (QED) is 0.308. The molecule has 0 atom stereocenters. The van der Waals surface area contributed by atoms with E-state index in [0.717, 1.165) is 32.3 Å². The lowest BCUT2D eigenvalue weighted by Gasteiger charge is -2.13. The first-order chi connectivity index (χ1) is 10.5. The molecule has 106 valence electrons. The molecule has 0 saturated carbocycles. The van der Waals surface area contributed by atoms with Crippen LogP contribution in [0, 0.1) is 0 Å². The topological polar surface area (TPSA) is 80.9 Å². The molecule has 4 N–H and O–H groups in total. The molecule has 0 bridgehead atoms. The molecule has 0 unspecified atom stereocenters. The molecule has 0 aliphatic rings. The van der Waals surface area contributed by atoms with E-state index in [0.29, 0.717) is 10.9 Å². The molecule has 22 heavy (non-hydrogen) atoms. The number of benzene rings is 4. The van der Waals surface area contributed by atoms with Crippen LogP contribution in [0.25, 0.3) is 32.3 Å². The predicted octanol–water partition coefficient (Wildman–Crippen LogP) is -0.0564. The normalized spacial score (nSPS) is 11.6. The highest BCUT2D eigenvalue weighted by Gasteiger charge is 2.17. The van der Waals surface area contributed by atoms with Crippen LogP contribution in [-0.2, 0) is 0 Å². The summed E-state index contributed by atoms with van der Waals surface area (Å²) in [5, 5.41) is 43.4. The minimum Gasteiger partial charge on any atom is -0.423 e. The summed E-state index contributed by atoms with van der Waals surface area (Å²) in [5.74, 6) is 0. The Hall–Kier alpha value is -2.11. The maximum atomic E-state index is 9.41. The predicted molar refractivity (Wildman–Crippen MR) is 89.8 cm³/mol. The van der Waals surface area contributed by atoms with Crippen LogP contribution in [0.3, 0.4) is 0 Å². The van der Waals surface area contributed by atoms with Gasteiger partial charge >= 0.3 is 14.2 Å². The van der Waals surface area contributed by atoms with Gasteiger partial charge in [-0.15, -0.1) is 0 Å². The Morgan fingerprint density at radius 3 is 1.00 bits per heavy atom. The van der Waals surface area contributed by atoms with Crippen molar-refractivity contribution in [2.75, 3.05) is 0 Å². The van der Waals surface area contributed by atoms with Gasteiger partial charge in [-0.2, -0.15) is 0 Å². The minimum atomic E-state index is -1.50. The molecule has 0 aromatic heterocycles. The number of hydrogen-bond acceptors (Lipinski definition) is 4. The van der Waals surface area contributed by atoms with Crippen molar-refractivity contribution in [3.05, 3.63) is 48.5 Å². The first kappa shape index (κ1) is 13.5. The van der Waals surface area contributed by atoms with Crippen molar-refractivity contribution in [2.24, 2.45) is 0 Å². The van der Waals surface area contributed by atoms with Gasteiger partial charge in [-0.05, 0) is 43.2 Å². The second-order valence-electron chi connectivity index (χ2n) is 5.56. The first-order valence-electron chi connectivity index (χ1n) is 6.99. The van der Waals surface area contributed by atoms with Crippen LogP contribution in [0.4, 0.5) is 0 Å². The van der Waals surface area contributed by atoms with Gasteiger partial charge in [0.15, 0.2) is 0 Å². The van der Waals surface area contributed by atoms with Gasteiger partial charge in [0.25, 0.3) is 0 Å². The maximum absolute atomic E-state index is 9.41. The Morgan fingerprint density at radius 1 is 0.500 bits per heavy atom. The lowest BCUT2D eigenvalue weighted by atomic mass is 9.76. The van der Waals surface area contributed by atoms with Crippen molar-refractivity contribution in [3.63, 3.8) is 0 Å². The maximum Gasteiger partial charge on any atom is 0.488 e. The Morgan fingerprint density at radius 2 is 0.773 bits per heavy atom. The van der Waals surface area contributed by atoms with Gasteiger partial charge < -0.3 is 20.1 Å². The lowest BCUT2D eigenvalue weighted by Crippen LogP contribution is -2.30. The molecule has 0 aliphatic carbocycles. The zero-order valence-corrected chi connectivity index (χ0v) is 11.6. The molecule has 0 radical (unpaired) electrons. The van der Waals surface area contributed by atoms with Crippen molar-refractivity contribution in [1.29, 1.82) is 0 Å². The SMILES string of the molecule is OB(O)c1cc2ccc3cc(B(O)O)cc4ccc(c1)c2c34. The van der Waals surface area contributed by atoms with Gasteiger partial charge in [0, 0.05) is 0 Å². The molecule has 4 nitrogen and oxygen atoms in total. The van der Waals surface area contributed by atoms with E-state index >= 15 is 0 Å². The summed E-state index contributed by atoms with van der Waals surface area (Å²) in [7, 11) is -3.00. The van der Waals surface area contributed by atoms with Gasteiger partial charge in [0.2, 0.25) is 0 Å². The Kier molecular flexibility index (Phi) is 2.89. The summed E-state index contributed by atoms with van der Waals surface area (Å²) in [6.07, 6.45) is 0. The molecule has 0 fully saturated rings. The molecule has 4 aromatic carbocycles. The molecule has 4 aromatic rings. The zero-order valence-electron chi connectivity index (χ0n) is 11.6. The van der Waals surface area contributed by atoms with Crippen LogP contribution >= 0.6 is 0 Å². The van der Waals surface area contributed by atoms with E-state index in [4.69, 9.17) is 0 Å². The molecule has 0 saturated heterocycles. The van der Waals surface area contributed by atoms with E-state index in [9.17, 15) is 20.1 Å². The summed E-state index contributed by atoms with van der Waals surface area (Å²) in [5.41, 5.74) is 0.912. The molecule has 0 amide bonds. The summed E-state index contributed by atoms with van der Waals surface area (Å²) in [6, 6.07) is 14.7. The zero-order chi connectivity index (χ0) is 15.4. The first-order valence-corrected chi connectivity index (χ1v) is 6.99. The van der Waals surface area contributed by atoms with Gasteiger partial charge in [0.05, 0.1) is 0 Å². The van der Waals surface area contributed by atoms with Gasteiger partial charge in [-0.3, -0.25) is 0 Å². The van der Waals surface area contributed by atoms with E-state index in [1.54, 1.807) is 24.3 Å². The third-order valence-electron chi connectivity index (χ3n) is 4.17. The van der Waals surface area contributed by atoms with E-state index in [1.165, 1.54) is 0 Å². The fourth-order valence-corrected chi connectivity index (χ4v) is 3.18. The highest BCUT2D eigenvalue weighted by Crippen LogP contribution is 2.33. The summed E-state index contributed by atoms with van der Waals surface area (Å²) < 4.78 is 0. The molecule has 6 heteroatoms. The minimum absolute atomic E-state index is 0.456. The Bertz CT molecular complexity index is 850. The van der Waals surface area contributed by atoms with Gasteiger partial charge in [-0.1, -0.05) is 48.5 Å². The largest absolute Gasteiger partial charge is 0.488 e. The van der Waals surface area contributed by atoms with E-state index in [-0.39, 0.29) is 0 Å². The van der Waals surface area contributed by atoms with E-state index in [1.807, 2.05) is 24.3 Å². The summed E-state index contributed by atoms with van der Waals surface area (Å²) in [6.45, 7) is 0. The second-order valence-corrected chi connectivity index (χ2v) is 5.56. The Labute approximate surface area is 126 Å². The number of hydrogen-bond donors (Lipinski definition) is 4. The lowest BCUT2D eigenvalue weighted by molar-refractivity contribution is 0.424. The fraction of sp³-hybridized carbons (Fsp3) is 0. The summed E-state index contributed by atoms with van der Waals surface area (Å²) >= 11 is 0. The molecular formula is C16H12B2O4. The van der Waals surface area contributed by atoms with Crippen LogP contribution in [0.5, 0.6) is 0 Å². The van der Waals surface area contributed by atoms with Crippen molar-refractivity contribution in [1.82, 2.24) is 0 Å². The van der Waals surface area contributed by atoms with Crippen molar-refractivity contribution in [2.45, 2.75) is 0 Å². The standard InChI is InChI=1S/C16H12B2O4/c19-17(20)13-5-9-1-2-10-6-14(18(21)22)8-12-4-3-11(7-13)15(9)16(10)12/h1-8,19-22H. The van der Waals surface area contributed by atoms with Crippen LogP contribution in [-0.4, -0.2) is 34.3 Å². The van der Waals surface area contributed by atoms with Gasteiger partial charge in [-0.25, -0.2) is 0 Å². The third kappa shape index (κ3) is 1.90. The van der Waals surface area contributed by atoms with Crippen LogP contribution in [0.15, 0.2) is 48.5 Å². The second kappa shape index (κ2) is 4.69. The average Bonchev–Trinajstić information content (AvgIpc) is 2.51. The monoisotopic (exact) mass is 290 g/mol. The van der Waals surface area contributed by atoms with Gasteiger partial charge in [0.1, 0.15) is 0 Å². The molecular weight excluding hydrogens is 278 g/mol. The highest BCUT2D eigenvalue weighted by atomic mass is 16.4. The van der Waals surface area contributed by atoms with E-state index in [2.05, 4.69) is 0 Å². The third-order valence-corrected chi connectivity index (χ3v) is 4.17. The molecule has 0 aliphatic heterocycles. The Balaban J connectivity index is 2.17. The molecule has 0 heterocycles. The van der Waals surface area contributed by atoms with Crippen molar-refractivity contribution in [3.8, 4) is 0 Å². The fourth-order valence-electron chi connectivity index (χ4n) is 3.18. The number of rotatable bonds is 2. The average molecular weight is 290 g/mol. The van der Waals surface area contributed by atoms with E-state index < -0.39 is 14.2 Å². The highest BCUT2D eigenvalue weighted by molar-refractivity contribution is 6.60. The van der Waals surface area contributed by atoms with Crippen LogP contribution < -0.4 is 10.9 Å². The molecule has 4 rings (SSSR count). The molecule has 0 spiro atoms. The van der Waals surface area contributed by atoms with Crippen LogP contribution in [0.2, 0.25) is 0 Å². The summed E-state index contributed by atoms with van der Waals surface area (Å²) in [4.78, 5) is 0.